The fraction of sp³-hybridized carbons (Fsp3) is 0.462. The molecular weight excluding hydrogens is 340 g/mol. The molecule has 150 valence electrons. The maximum absolute atomic E-state index is 4.65. The first kappa shape index (κ1) is 22.1. The highest BCUT2D eigenvalue weighted by Gasteiger charge is 2.13. The smallest absolute Gasteiger partial charge is 0.0925 e. The highest BCUT2D eigenvalue weighted by atomic mass is 15.1. The van der Waals surface area contributed by atoms with Crippen LogP contribution in [0, 0.1) is 0 Å². The van der Waals surface area contributed by atoms with Gasteiger partial charge < -0.3 is 0 Å². The van der Waals surface area contributed by atoms with Crippen LogP contribution in [0.15, 0.2) is 52.8 Å². The summed E-state index contributed by atoms with van der Waals surface area (Å²) in [7, 11) is 0. The van der Waals surface area contributed by atoms with Gasteiger partial charge in [0.15, 0.2) is 0 Å². The van der Waals surface area contributed by atoms with Gasteiger partial charge in [-0.3, -0.25) is 0 Å². The maximum Gasteiger partial charge on any atom is 0.0925 e. The molecule has 2 aromatic rings. The highest BCUT2D eigenvalue weighted by molar-refractivity contribution is 5.60. The van der Waals surface area contributed by atoms with E-state index in [2.05, 4.69) is 108 Å². The van der Waals surface area contributed by atoms with Crippen LogP contribution in [-0.2, 0) is 0 Å². The number of hydrogen-bond acceptors (Lipinski definition) is 2. The molecule has 2 nitrogen and oxygen atoms in total. The number of azo groups is 1. The van der Waals surface area contributed by atoms with Crippen molar-refractivity contribution in [2.75, 3.05) is 0 Å². The third-order valence-corrected chi connectivity index (χ3v) is 5.23. The summed E-state index contributed by atoms with van der Waals surface area (Å²) in [5, 5.41) is 9.12. The second kappa shape index (κ2) is 9.82. The summed E-state index contributed by atoms with van der Waals surface area (Å²) < 4.78 is 0. The van der Waals surface area contributed by atoms with Gasteiger partial charge in [-0.2, -0.15) is 10.2 Å². The molecular formula is C26H36N2. The van der Waals surface area contributed by atoms with E-state index in [9.17, 15) is 0 Å². The van der Waals surface area contributed by atoms with Crippen molar-refractivity contribution >= 4 is 11.8 Å². The lowest BCUT2D eigenvalue weighted by Crippen LogP contribution is -1.99. The van der Waals surface area contributed by atoms with E-state index in [1.807, 2.05) is 6.20 Å². The minimum absolute atomic E-state index is 0.422. The van der Waals surface area contributed by atoms with Crippen LogP contribution in [0.4, 0.5) is 5.69 Å². The third-order valence-electron chi connectivity index (χ3n) is 5.23. The molecule has 0 amide bonds. The zero-order valence-electron chi connectivity index (χ0n) is 18.8. The van der Waals surface area contributed by atoms with Crippen LogP contribution in [-0.4, -0.2) is 0 Å². The molecule has 0 radical (unpaired) electrons. The van der Waals surface area contributed by atoms with Crippen LogP contribution >= 0.6 is 0 Å². The molecule has 0 bridgehead atoms. The van der Waals surface area contributed by atoms with Crippen molar-refractivity contribution in [2.45, 2.75) is 79.1 Å². The first-order valence-electron chi connectivity index (χ1n) is 10.6. The predicted molar refractivity (Wildman–Crippen MR) is 123 cm³/mol. The van der Waals surface area contributed by atoms with Gasteiger partial charge in [-0.1, -0.05) is 91.8 Å². The second-order valence-corrected chi connectivity index (χ2v) is 8.79. The molecule has 0 aliphatic heterocycles. The first-order chi connectivity index (χ1) is 13.2. The molecule has 2 rings (SSSR count). The minimum Gasteiger partial charge on any atom is -0.159 e. The third kappa shape index (κ3) is 5.19. The van der Waals surface area contributed by atoms with Gasteiger partial charge in [-0.05, 0) is 57.6 Å². The number of rotatable bonds is 7. The molecule has 0 spiro atoms. The van der Waals surface area contributed by atoms with Crippen molar-refractivity contribution in [3.8, 4) is 0 Å². The fourth-order valence-electron chi connectivity index (χ4n) is 3.63. The second-order valence-electron chi connectivity index (χ2n) is 8.79. The van der Waals surface area contributed by atoms with Crippen molar-refractivity contribution < 1.29 is 0 Å². The first-order valence-corrected chi connectivity index (χ1v) is 10.6. The van der Waals surface area contributed by atoms with Crippen LogP contribution in [0.3, 0.4) is 0 Å². The monoisotopic (exact) mass is 376 g/mol. The standard InChI is InChI=1S/C26H36N2/c1-17(2)21-11-9-12-22(18(3)4)25(21)15-16-27-28-26-23(19(5)6)13-10-14-24(26)20(7)8/h9-20H,1-8H3. The maximum atomic E-state index is 4.65. The Morgan fingerprint density at radius 1 is 0.607 bits per heavy atom. The van der Waals surface area contributed by atoms with Crippen LogP contribution in [0.5, 0.6) is 0 Å². The lowest BCUT2D eigenvalue weighted by atomic mass is 9.89. The van der Waals surface area contributed by atoms with Gasteiger partial charge >= 0.3 is 0 Å². The molecule has 0 unspecified atom stereocenters. The molecule has 0 fully saturated rings. The number of nitrogens with zero attached hydrogens (tertiary/aromatic N) is 2. The van der Waals surface area contributed by atoms with E-state index in [0.29, 0.717) is 23.7 Å². The summed E-state index contributed by atoms with van der Waals surface area (Å²) in [4.78, 5) is 0. The quantitative estimate of drug-likeness (QED) is 0.431. The van der Waals surface area contributed by atoms with Gasteiger partial charge in [-0.15, -0.1) is 0 Å². The van der Waals surface area contributed by atoms with Crippen molar-refractivity contribution in [2.24, 2.45) is 10.2 Å². The van der Waals surface area contributed by atoms with Gasteiger partial charge in [0.05, 0.1) is 11.9 Å². The summed E-state index contributed by atoms with van der Waals surface area (Å²) in [5.41, 5.74) is 7.56. The lowest BCUT2D eigenvalue weighted by Gasteiger charge is -2.17. The van der Waals surface area contributed by atoms with Crippen molar-refractivity contribution in [3.05, 3.63) is 70.4 Å². The van der Waals surface area contributed by atoms with Crippen molar-refractivity contribution in [1.29, 1.82) is 0 Å². The topological polar surface area (TPSA) is 24.7 Å². The number of benzene rings is 2. The van der Waals surface area contributed by atoms with Gasteiger partial charge in [0.25, 0.3) is 0 Å². The Kier molecular flexibility index (Phi) is 7.74. The van der Waals surface area contributed by atoms with Crippen LogP contribution in [0.1, 0.15) is 107 Å². The largest absolute Gasteiger partial charge is 0.159 e. The average Bonchev–Trinajstić information content (AvgIpc) is 2.64. The molecule has 0 N–H and O–H groups in total. The lowest BCUT2D eigenvalue weighted by molar-refractivity contribution is 0.828. The Bertz CT molecular complexity index is 716. The SMILES string of the molecule is CC(C)c1cccc(C(C)C)c1C=CN=Nc1c(C(C)C)cccc1C(C)C. The summed E-state index contributed by atoms with van der Waals surface area (Å²) in [6, 6.07) is 13.1. The molecule has 0 aromatic heterocycles. The Morgan fingerprint density at radius 2 is 1.00 bits per heavy atom. The van der Waals surface area contributed by atoms with E-state index < -0.39 is 0 Å². The Hall–Kier alpha value is -2.22. The summed E-state index contributed by atoms with van der Waals surface area (Å²) >= 11 is 0. The van der Waals surface area contributed by atoms with E-state index in [1.54, 1.807) is 0 Å². The number of hydrogen-bond donors (Lipinski definition) is 0. The summed E-state index contributed by atoms with van der Waals surface area (Å²) in [5.74, 6) is 1.80. The Labute approximate surface area is 171 Å². The van der Waals surface area contributed by atoms with Gasteiger partial charge in [0.1, 0.15) is 0 Å². The molecule has 0 atom stereocenters. The molecule has 0 saturated heterocycles. The summed E-state index contributed by atoms with van der Waals surface area (Å²) in [6.45, 7) is 17.8. The predicted octanol–water partition coefficient (Wildman–Crippen LogP) is 8.93. The van der Waals surface area contributed by atoms with E-state index in [1.165, 1.54) is 27.8 Å². The molecule has 0 heterocycles. The van der Waals surface area contributed by atoms with E-state index in [0.717, 1.165) is 5.69 Å². The van der Waals surface area contributed by atoms with Crippen molar-refractivity contribution in [1.82, 2.24) is 0 Å². The average molecular weight is 377 g/mol. The highest BCUT2D eigenvalue weighted by Crippen LogP contribution is 2.35. The van der Waals surface area contributed by atoms with Crippen molar-refractivity contribution in [3.63, 3.8) is 0 Å². The zero-order valence-corrected chi connectivity index (χ0v) is 18.8. The molecule has 2 aromatic carbocycles. The van der Waals surface area contributed by atoms with Crippen LogP contribution in [0.25, 0.3) is 6.08 Å². The molecule has 0 saturated carbocycles. The zero-order chi connectivity index (χ0) is 20.8. The van der Waals surface area contributed by atoms with Gasteiger partial charge in [0, 0.05) is 0 Å². The Morgan fingerprint density at radius 3 is 1.39 bits per heavy atom. The van der Waals surface area contributed by atoms with E-state index >= 15 is 0 Å². The van der Waals surface area contributed by atoms with Gasteiger partial charge in [-0.25, -0.2) is 0 Å². The van der Waals surface area contributed by atoms with E-state index in [-0.39, 0.29) is 0 Å². The normalized spacial score (nSPS) is 12.6. The molecule has 0 aliphatic rings. The minimum atomic E-state index is 0.422. The van der Waals surface area contributed by atoms with Gasteiger partial charge in [0.2, 0.25) is 0 Å². The fourth-order valence-corrected chi connectivity index (χ4v) is 3.63. The molecule has 28 heavy (non-hydrogen) atoms. The van der Waals surface area contributed by atoms with Crippen LogP contribution < -0.4 is 0 Å². The molecule has 0 aliphatic carbocycles. The Balaban J connectivity index is 2.43. The summed E-state index contributed by atoms with van der Waals surface area (Å²) in [6.07, 6.45) is 3.98. The van der Waals surface area contributed by atoms with Crippen LogP contribution in [0.2, 0.25) is 0 Å². The van der Waals surface area contributed by atoms with E-state index in [4.69, 9.17) is 0 Å². The molecule has 2 heteroatoms.